The number of benzene rings is 1. The van der Waals surface area contributed by atoms with Gasteiger partial charge < -0.3 is 5.11 Å². The second kappa shape index (κ2) is 3.73. The van der Waals surface area contributed by atoms with Crippen molar-refractivity contribution in [3.05, 3.63) is 24.3 Å². The molecule has 1 aromatic carbocycles. The minimum atomic E-state index is -0.486. The van der Waals surface area contributed by atoms with Gasteiger partial charge in [0.2, 0.25) is 0 Å². The topological polar surface area (TPSA) is 72.9 Å². The van der Waals surface area contributed by atoms with E-state index in [9.17, 15) is 14.7 Å². The number of phenols is 1. The number of amides is 3. The standard InChI is InChI=1S/C10H11N3O3/c1-12-9(15)6-13(11-10(12)16)7-3-2-4-8(14)5-7/h2-5,14H,6H2,1H3,(H,11,16). The number of carbonyl (C=O) groups excluding carboxylic acids is 2. The van der Waals surface area contributed by atoms with Gasteiger partial charge in [-0.15, -0.1) is 0 Å². The Morgan fingerprint density at radius 1 is 1.38 bits per heavy atom. The van der Waals surface area contributed by atoms with Gasteiger partial charge in [0.25, 0.3) is 5.91 Å². The predicted molar refractivity (Wildman–Crippen MR) is 56.8 cm³/mol. The van der Waals surface area contributed by atoms with Crippen LogP contribution in [0.2, 0.25) is 0 Å². The first-order valence-corrected chi connectivity index (χ1v) is 4.71. The molecule has 0 saturated carbocycles. The smallest absolute Gasteiger partial charge is 0.342 e. The van der Waals surface area contributed by atoms with Gasteiger partial charge in [0.1, 0.15) is 12.3 Å². The van der Waals surface area contributed by atoms with Gasteiger partial charge in [-0.2, -0.15) is 0 Å². The normalized spacial score (nSPS) is 16.3. The summed E-state index contributed by atoms with van der Waals surface area (Å²) in [6.07, 6.45) is 0. The lowest BCUT2D eigenvalue weighted by molar-refractivity contribution is -0.126. The van der Waals surface area contributed by atoms with E-state index in [2.05, 4.69) is 5.43 Å². The summed E-state index contributed by atoms with van der Waals surface area (Å²) in [5.41, 5.74) is 3.09. The lowest BCUT2D eigenvalue weighted by Gasteiger charge is -2.32. The molecule has 2 N–H and O–H groups in total. The van der Waals surface area contributed by atoms with Crippen molar-refractivity contribution in [1.82, 2.24) is 10.3 Å². The Morgan fingerprint density at radius 3 is 2.75 bits per heavy atom. The lowest BCUT2D eigenvalue weighted by Crippen LogP contribution is -2.59. The van der Waals surface area contributed by atoms with E-state index in [1.54, 1.807) is 12.1 Å². The number of aromatic hydroxyl groups is 1. The third kappa shape index (κ3) is 1.77. The van der Waals surface area contributed by atoms with Crippen molar-refractivity contribution in [3.63, 3.8) is 0 Å². The van der Waals surface area contributed by atoms with Crippen molar-refractivity contribution >= 4 is 17.6 Å². The van der Waals surface area contributed by atoms with Crippen LogP contribution in [-0.4, -0.2) is 35.5 Å². The highest BCUT2D eigenvalue weighted by molar-refractivity contribution is 5.99. The van der Waals surface area contributed by atoms with E-state index in [0.29, 0.717) is 5.69 Å². The largest absolute Gasteiger partial charge is 0.508 e. The van der Waals surface area contributed by atoms with E-state index in [-0.39, 0.29) is 18.2 Å². The Labute approximate surface area is 92.0 Å². The molecule has 1 saturated heterocycles. The number of rotatable bonds is 1. The molecule has 0 spiro atoms. The van der Waals surface area contributed by atoms with Crippen LogP contribution in [-0.2, 0) is 4.79 Å². The van der Waals surface area contributed by atoms with Crippen molar-refractivity contribution in [1.29, 1.82) is 0 Å². The maximum atomic E-state index is 11.4. The first-order chi connectivity index (χ1) is 7.58. The molecule has 0 bridgehead atoms. The van der Waals surface area contributed by atoms with Gasteiger partial charge in [-0.3, -0.25) is 14.7 Å². The number of phenolic OH excluding ortho intramolecular Hbond substituents is 1. The summed E-state index contributed by atoms with van der Waals surface area (Å²) < 4.78 is 0. The molecule has 1 aliphatic rings. The fraction of sp³-hybridized carbons (Fsp3) is 0.200. The van der Waals surface area contributed by atoms with Gasteiger partial charge in [0.05, 0.1) is 5.69 Å². The Morgan fingerprint density at radius 2 is 2.12 bits per heavy atom. The van der Waals surface area contributed by atoms with Crippen LogP contribution < -0.4 is 10.4 Å². The van der Waals surface area contributed by atoms with Crippen LogP contribution >= 0.6 is 0 Å². The van der Waals surface area contributed by atoms with E-state index in [1.807, 2.05) is 0 Å². The number of nitrogens with one attached hydrogen (secondary N) is 1. The Hall–Kier alpha value is -2.24. The molecule has 1 fully saturated rings. The van der Waals surface area contributed by atoms with Crippen molar-refractivity contribution in [2.24, 2.45) is 0 Å². The van der Waals surface area contributed by atoms with Crippen molar-refractivity contribution in [3.8, 4) is 5.75 Å². The molecule has 3 amide bonds. The lowest BCUT2D eigenvalue weighted by atomic mass is 10.3. The van der Waals surface area contributed by atoms with E-state index in [0.717, 1.165) is 4.90 Å². The number of hydrazine groups is 1. The first-order valence-electron chi connectivity index (χ1n) is 4.71. The van der Waals surface area contributed by atoms with E-state index < -0.39 is 6.03 Å². The van der Waals surface area contributed by atoms with Crippen LogP contribution in [0.25, 0.3) is 0 Å². The van der Waals surface area contributed by atoms with Crippen molar-refractivity contribution in [2.45, 2.75) is 0 Å². The van der Waals surface area contributed by atoms with E-state index in [4.69, 9.17) is 0 Å². The second-order valence-corrected chi connectivity index (χ2v) is 3.48. The van der Waals surface area contributed by atoms with Crippen LogP contribution in [0.15, 0.2) is 24.3 Å². The molecule has 0 atom stereocenters. The molecule has 0 unspecified atom stereocenters. The average Bonchev–Trinajstić information content (AvgIpc) is 2.25. The summed E-state index contributed by atoms with van der Waals surface area (Å²) in [4.78, 5) is 23.8. The van der Waals surface area contributed by atoms with Crippen LogP contribution in [0.1, 0.15) is 0 Å². The molecule has 1 aromatic rings. The number of urea groups is 1. The molecular weight excluding hydrogens is 210 g/mol. The number of hydrogen-bond donors (Lipinski definition) is 2. The highest BCUT2D eigenvalue weighted by atomic mass is 16.3. The van der Waals surface area contributed by atoms with Crippen LogP contribution in [0.3, 0.4) is 0 Å². The zero-order valence-corrected chi connectivity index (χ0v) is 8.67. The highest BCUT2D eigenvalue weighted by Crippen LogP contribution is 2.19. The Kier molecular flexibility index (Phi) is 2.40. The summed E-state index contributed by atoms with van der Waals surface area (Å²) in [7, 11) is 1.41. The van der Waals surface area contributed by atoms with Gasteiger partial charge in [0, 0.05) is 13.1 Å². The van der Waals surface area contributed by atoms with Gasteiger partial charge in [-0.05, 0) is 12.1 Å². The van der Waals surface area contributed by atoms with Gasteiger partial charge in [-0.25, -0.2) is 10.2 Å². The quantitative estimate of drug-likeness (QED) is 0.715. The van der Waals surface area contributed by atoms with Gasteiger partial charge in [-0.1, -0.05) is 6.07 Å². The molecule has 16 heavy (non-hydrogen) atoms. The van der Waals surface area contributed by atoms with E-state index in [1.165, 1.54) is 24.2 Å². The molecule has 0 radical (unpaired) electrons. The number of imide groups is 1. The predicted octanol–water partition coefficient (Wildman–Crippen LogP) is 0.295. The first kappa shape index (κ1) is 10.3. The number of carbonyl (C=O) groups is 2. The van der Waals surface area contributed by atoms with Crippen LogP contribution in [0.5, 0.6) is 5.75 Å². The fourth-order valence-electron chi connectivity index (χ4n) is 1.40. The molecule has 6 nitrogen and oxygen atoms in total. The number of likely N-dealkylation sites (N-methyl/N-ethyl adjacent to an activating group) is 1. The second-order valence-electron chi connectivity index (χ2n) is 3.48. The number of nitrogens with zero attached hydrogens (tertiary/aromatic N) is 2. The number of anilines is 1. The van der Waals surface area contributed by atoms with Gasteiger partial charge >= 0.3 is 6.03 Å². The summed E-state index contributed by atoms with van der Waals surface area (Å²) in [5, 5.41) is 10.7. The minimum absolute atomic E-state index is 0.0473. The fourth-order valence-corrected chi connectivity index (χ4v) is 1.40. The molecule has 1 heterocycles. The van der Waals surface area contributed by atoms with Gasteiger partial charge in [0.15, 0.2) is 0 Å². The zero-order chi connectivity index (χ0) is 11.7. The highest BCUT2D eigenvalue weighted by Gasteiger charge is 2.27. The number of hydrogen-bond acceptors (Lipinski definition) is 4. The third-order valence-electron chi connectivity index (χ3n) is 2.34. The molecular formula is C10H11N3O3. The zero-order valence-electron chi connectivity index (χ0n) is 8.67. The van der Waals surface area contributed by atoms with Crippen molar-refractivity contribution < 1.29 is 14.7 Å². The molecule has 6 heteroatoms. The molecule has 1 aliphatic heterocycles. The van der Waals surface area contributed by atoms with Crippen LogP contribution in [0, 0.1) is 0 Å². The summed E-state index contributed by atoms with van der Waals surface area (Å²) in [6.45, 7) is 0.0473. The average molecular weight is 221 g/mol. The molecule has 0 aliphatic carbocycles. The molecule has 84 valence electrons. The summed E-state index contributed by atoms with van der Waals surface area (Å²) in [6, 6.07) is 5.83. The minimum Gasteiger partial charge on any atom is -0.508 e. The molecule has 2 rings (SSSR count). The Balaban J connectivity index is 2.23. The van der Waals surface area contributed by atoms with Crippen molar-refractivity contribution in [2.75, 3.05) is 18.6 Å². The Bertz CT molecular complexity index is 429. The maximum absolute atomic E-state index is 11.4. The van der Waals surface area contributed by atoms with Crippen LogP contribution in [0.4, 0.5) is 10.5 Å². The SMILES string of the molecule is CN1C(=O)CN(c2cccc(O)c2)NC1=O. The maximum Gasteiger partial charge on any atom is 0.342 e. The van der Waals surface area contributed by atoms with E-state index >= 15 is 0 Å². The molecule has 0 aromatic heterocycles. The monoisotopic (exact) mass is 221 g/mol. The summed E-state index contributed by atoms with van der Waals surface area (Å²) >= 11 is 0. The third-order valence-corrected chi connectivity index (χ3v) is 2.34. The summed E-state index contributed by atoms with van der Waals surface area (Å²) in [5.74, 6) is -0.217.